The van der Waals surface area contributed by atoms with Gasteiger partial charge in [-0.05, 0) is 24.1 Å². The van der Waals surface area contributed by atoms with Crippen LogP contribution in [-0.4, -0.2) is 15.0 Å². The maximum absolute atomic E-state index is 11.8. The topological polar surface area (TPSA) is 72.2 Å². The number of halogens is 1. The molecule has 1 aromatic carbocycles. The molecule has 0 aromatic heterocycles. The van der Waals surface area contributed by atoms with Crippen molar-refractivity contribution in [2.24, 2.45) is 5.73 Å². The highest BCUT2D eigenvalue weighted by molar-refractivity contribution is 7.89. The van der Waals surface area contributed by atoms with Gasteiger partial charge in [0.05, 0.1) is 5.02 Å². The minimum atomic E-state index is -3.52. The summed E-state index contributed by atoms with van der Waals surface area (Å²) in [5.74, 6) is 0. The van der Waals surface area contributed by atoms with Gasteiger partial charge in [-0.15, -0.1) is 0 Å². The lowest BCUT2D eigenvalue weighted by Gasteiger charge is -2.08. The number of hydrogen-bond donors (Lipinski definition) is 2. The zero-order chi connectivity index (χ0) is 12.2. The fourth-order valence-electron chi connectivity index (χ4n) is 1.19. The molecule has 0 aliphatic rings. The number of nitrogens with two attached hydrogens (primary N) is 1. The summed E-state index contributed by atoms with van der Waals surface area (Å²) >= 11 is 5.86. The van der Waals surface area contributed by atoms with Gasteiger partial charge in [0.15, 0.2) is 0 Å². The smallest absolute Gasteiger partial charge is 0.242 e. The first-order chi connectivity index (χ1) is 7.51. The summed E-state index contributed by atoms with van der Waals surface area (Å²) in [6, 6.07) is 4.76. The van der Waals surface area contributed by atoms with Crippen LogP contribution in [0.4, 0.5) is 0 Å². The van der Waals surface area contributed by atoms with Crippen LogP contribution in [-0.2, 0) is 16.6 Å². The molecule has 0 radical (unpaired) electrons. The van der Waals surface area contributed by atoms with Crippen molar-refractivity contribution in [1.29, 1.82) is 0 Å². The van der Waals surface area contributed by atoms with Crippen molar-refractivity contribution in [3.8, 4) is 0 Å². The van der Waals surface area contributed by atoms with E-state index >= 15 is 0 Å². The second-order valence-corrected chi connectivity index (χ2v) is 5.51. The van der Waals surface area contributed by atoms with Gasteiger partial charge >= 0.3 is 0 Å². The van der Waals surface area contributed by atoms with Crippen molar-refractivity contribution < 1.29 is 8.42 Å². The molecule has 0 saturated heterocycles. The van der Waals surface area contributed by atoms with E-state index in [4.69, 9.17) is 17.3 Å². The summed E-state index contributed by atoms with van der Waals surface area (Å²) in [5, 5.41) is 0.209. The van der Waals surface area contributed by atoms with Gasteiger partial charge in [-0.25, -0.2) is 13.1 Å². The minimum Gasteiger partial charge on any atom is -0.326 e. The van der Waals surface area contributed by atoms with Gasteiger partial charge in [-0.1, -0.05) is 24.6 Å². The van der Waals surface area contributed by atoms with Crippen LogP contribution in [0.2, 0.25) is 5.02 Å². The lowest BCUT2D eigenvalue weighted by molar-refractivity contribution is 0.580. The third-order valence-electron chi connectivity index (χ3n) is 2.06. The van der Waals surface area contributed by atoms with Crippen molar-refractivity contribution >= 4 is 21.6 Å². The van der Waals surface area contributed by atoms with E-state index in [1.165, 1.54) is 6.07 Å². The summed E-state index contributed by atoms with van der Waals surface area (Å²) in [6.07, 6.45) is 0.730. The zero-order valence-electron chi connectivity index (χ0n) is 9.03. The van der Waals surface area contributed by atoms with Gasteiger partial charge in [0, 0.05) is 13.1 Å². The Morgan fingerprint density at radius 3 is 2.69 bits per heavy atom. The molecule has 16 heavy (non-hydrogen) atoms. The third kappa shape index (κ3) is 3.18. The van der Waals surface area contributed by atoms with Gasteiger partial charge in [0.25, 0.3) is 0 Å². The first kappa shape index (κ1) is 13.4. The Kier molecular flexibility index (Phi) is 4.73. The molecule has 0 unspecified atom stereocenters. The van der Waals surface area contributed by atoms with Crippen molar-refractivity contribution in [2.45, 2.75) is 24.8 Å². The molecule has 1 rings (SSSR count). The Labute approximate surface area is 101 Å². The maximum atomic E-state index is 11.8. The second-order valence-electron chi connectivity index (χ2n) is 3.37. The zero-order valence-corrected chi connectivity index (χ0v) is 10.6. The minimum absolute atomic E-state index is 0.0885. The molecule has 0 aliphatic heterocycles. The summed E-state index contributed by atoms with van der Waals surface area (Å²) in [5.41, 5.74) is 6.19. The summed E-state index contributed by atoms with van der Waals surface area (Å²) in [7, 11) is -3.52. The highest BCUT2D eigenvalue weighted by Crippen LogP contribution is 2.22. The number of rotatable bonds is 5. The van der Waals surface area contributed by atoms with E-state index in [-0.39, 0.29) is 16.5 Å². The van der Waals surface area contributed by atoms with E-state index in [9.17, 15) is 8.42 Å². The van der Waals surface area contributed by atoms with Gasteiger partial charge in [0.2, 0.25) is 10.0 Å². The van der Waals surface area contributed by atoms with E-state index < -0.39 is 10.0 Å². The Morgan fingerprint density at radius 1 is 1.44 bits per heavy atom. The van der Waals surface area contributed by atoms with Crippen molar-refractivity contribution in [3.63, 3.8) is 0 Å². The summed E-state index contributed by atoms with van der Waals surface area (Å²) in [6.45, 7) is 2.57. The largest absolute Gasteiger partial charge is 0.326 e. The predicted octanol–water partition coefficient (Wildman–Crippen LogP) is 1.49. The van der Waals surface area contributed by atoms with E-state index in [2.05, 4.69) is 4.72 Å². The first-order valence-electron chi connectivity index (χ1n) is 4.99. The highest BCUT2D eigenvalue weighted by Gasteiger charge is 2.17. The predicted molar refractivity (Wildman–Crippen MR) is 64.8 cm³/mol. The Balaban J connectivity index is 3.11. The van der Waals surface area contributed by atoms with E-state index in [0.717, 1.165) is 12.0 Å². The Bertz CT molecular complexity index is 460. The quantitative estimate of drug-likeness (QED) is 0.844. The van der Waals surface area contributed by atoms with Crippen LogP contribution in [0.15, 0.2) is 23.1 Å². The van der Waals surface area contributed by atoms with E-state index in [0.29, 0.717) is 6.54 Å². The van der Waals surface area contributed by atoms with Gasteiger partial charge < -0.3 is 5.73 Å². The average molecular weight is 263 g/mol. The molecular weight excluding hydrogens is 248 g/mol. The lowest BCUT2D eigenvalue weighted by Crippen LogP contribution is -2.24. The van der Waals surface area contributed by atoms with Gasteiger partial charge in [-0.2, -0.15) is 0 Å². The molecule has 0 heterocycles. The van der Waals surface area contributed by atoms with Gasteiger partial charge in [-0.3, -0.25) is 0 Å². The van der Waals surface area contributed by atoms with Crippen LogP contribution in [0.5, 0.6) is 0 Å². The molecule has 1 aromatic rings. The highest BCUT2D eigenvalue weighted by atomic mass is 35.5. The number of nitrogens with one attached hydrogen (secondary N) is 1. The Hall–Kier alpha value is -0.620. The standard InChI is InChI=1S/C10H15ClN2O2S/c1-2-5-13-16(14,15)10-6-8(7-12)3-4-9(10)11/h3-4,6,13H,2,5,7,12H2,1H3. The monoisotopic (exact) mass is 262 g/mol. The molecule has 0 spiro atoms. The van der Waals surface area contributed by atoms with Crippen molar-refractivity contribution in [2.75, 3.05) is 6.54 Å². The molecular formula is C10H15ClN2O2S. The molecule has 0 atom stereocenters. The molecule has 0 fully saturated rings. The fourth-order valence-corrected chi connectivity index (χ4v) is 2.88. The molecule has 0 bridgehead atoms. The van der Waals surface area contributed by atoms with E-state index in [1.807, 2.05) is 6.92 Å². The normalized spacial score (nSPS) is 11.7. The number of sulfonamides is 1. The average Bonchev–Trinajstić information content (AvgIpc) is 2.27. The van der Waals surface area contributed by atoms with Gasteiger partial charge in [0.1, 0.15) is 4.90 Å². The second kappa shape index (κ2) is 5.63. The van der Waals surface area contributed by atoms with Crippen LogP contribution in [0.3, 0.4) is 0 Å². The first-order valence-corrected chi connectivity index (χ1v) is 6.85. The molecule has 6 heteroatoms. The SMILES string of the molecule is CCCNS(=O)(=O)c1cc(CN)ccc1Cl. The maximum Gasteiger partial charge on any atom is 0.242 e. The fraction of sp³-hybridized carbons (Fsp3) is 0.400. The molecule has 0 amide bonds. The van der Waals surface area contributed by atoms with E-state index in [1.54, 1.807) is 12.1 Å². The molecule has 0 aliphatic carbocycles. The molecule has 90 valence electrons. The van der Waals surface area contributed by atoms with Crippen molar-refractivity contribution in [1.82, 2.24) is 4.72 Å². The van der Waals surface area contributed by atoms with Crippen LogP contribution < -0.4 is 10.5 Å². The molecule has 3 N–H and O–H groups in total. The molecule has 4 nitrogen and oxygen atoms in total. The van der Waals surface area contributed by atoms with Crippen LogP contribution >= 0.6 is 11.6 Å². The molecule has 0 saturated carbocycles. The van der Waals surface area contributed by atoms with Crippen molar-refractivity contribution in [3.05, 3.63) is 28.8 Å². The number of benzene rings is 1. The third-order valence-corrected chi connectivity index (χ3v) is 4.01. The van der Waals surface area contributed by atoms with Crippen LogP contribution in [0, 0.1) is 0 Å². The van der Waals surface area contributed by atoms with Crippen LogP contribution in [0.1, 0.15) is 18.9 Å². The van der Waals surface area contributed by atoms with Crippen LogP contribution in [0.25, 0.3) is 0 Å². The summed E-state index contributed by atoms with van der Waals surface area (Å²) < 4.78 is 26.2. The Morgan fingerprint density at radius 2 is 2.12 bits per heavy atom. The number of hydrogen-bond acceptors (Lipinski definition) is 3. The summed E-state index contributed by atoms with van der Waals surface area (Å²) in [4.78, 5) is 0.0885. The lowest BCUT2D eigenvalue weighted by atomic mass is 10.2.